The van der Waals surface area contributed by atoms with E-state index in [0.717, 1.165) is 33.3 Å². The predicted octanol–water partition coefficient (Wildman–Crippen LogP) is 5.35. The number of nitrogens with zero attached hydrogens (tertiary/aromatic N) is 1. The first-order valence-electron chi connectivity index (χ1n) is 7.03. The summed E-state index contributed by atoms with van der Waals surface area (Å²) < 4.78 is 6.08. The van der Waals surface area contributed by atoms with Gasteiger partial charge in [-0.15, -0.1) is 0 Å². The van der Waals surface area contributed by atoms with Crippen molar-refractivity contribution in [3.05, 3.63) is 72.8 Å². The van der Waals surface area contributed by atoms with Crippen LogP contribution in [0.1, 0.15) is 0 Å². The molecule has 0 saturated heterocycles. The van der Waals surface area contributed by atoms with Crippen molar-refractivity contribution in [3.8, 4) is 0 Å². The molecule has 0 aliphatic rings. The number of rotatable bonds is 2. The smallest absolute Gasteiger partial charge is 0.159 e. The number of anilines is 2. The molecule has 3 aromatic carbocycles. The van der Waals surface area contributed by atoms with Gasteiger partial charge >= 0.3 is 0 Å². The highest BCUT2D eigenvalue weighted by Crippen LogP contribution is 2.36. The fourth-order valence-corrected chi connectivity index (χ4v) is 2.79. The zero-order valence-corrected chi connectivity index (χ0v) is 11.8. The normalized spacial score (nSPS) is 11.1. The van der Waals surface area contributed by atoms with Crippen LogP contribution >= 0.6 is 0 Å². The van der Waals surface area contributed by atoms with E-state index in [0.29, 0.717) is 0 Å². The van der Waals surface area contributed by atoms with Gasteiger partial charge < -0.3 is 9.32 Å². The molecule has 0 unspecified atom stereocenters. The van der Waals surface area contributed by atoms with Crippen LogP contribution in [0.4, 0.5) is 11.4 Å². The van der Waals surface area contributed by atoms with Crippen molar-refractivity contribution in [2.45, 2.75) is 0 Å². The molecule has 0 radical (unpaired) electrons. The van der Waals surface area contributed by atoms with Gasteiger partial charge in [-0.3, -0.25) is 0 Å². The summed E-state index contributed by atoms with van der Waals surface area (Å²) >= 11 is 0. The highest BCUT2D eigenvalue weighted by atomic mass is 16.3. The molecule has 0 atom stereocenters. The Morgan fingerprint density at radius 2 is 1.43 bits per heavy atom. The number of furan rings is 1. The molecule has 0 aliphatic heterocycles. The first kappa shape index (κ1) is 12.0. The average molecular weight is 273 g/mol. The monoisotopic (exact) mass is 273 g/mol. The molecular formula is C19H15NO. The van der Waals surface area contributed by atoms with E-state index >= 15 is 0 Å². The molecule has 102 valence electrons. The van der Waals surface area contributed by atoms with Crippen LogP contribution in [0.5, 0.6) is 0 Å². The van der Waals surface area contributed by atoms with Gasteiger partial charge in [-0.25, -0.2) is 0 Å². The summed E-state index contributed by atoms with van der Waals surface area (Å²) in [7, 11) is 2.07. The molecule has 0 spiro atoms. The van der Waals surface area contributed by atoms with Gasteiger partial charge in [-0.1, -0.05) is 48.5 Å². The number of hydrogen-bond acceptors (Lipinski definition) is 2. The summed E-state index contributed by atoms with van der Waals surface area (Å²) in [6, 6.07) is 24.8. The van der Waals surface area contributed by atoms with Gasteiger partial charge in [0.05, 0.1) is 5.69 Å². The minimum absolute atomic E-state index is 0.932. The highest BCUT2D eigenvalue weighted by Gasteiger charge is 2.13. The largest absolute Gasteiger partial charge is 0.454 e. The van der Waals surface area contributed by atoms with Crippen molar-refractivity contribution in [1.29, 1.82) is 0 Å². The predicted molar refractivity (Wildman–Crippen MR) is 88.2 cm³/mol. The Balaban J connectivity index is 1.97. The average Bonchev–Trinajstić information content (AvgIpc) is 2.94. The zero-order valence-electron chi connectivity index (χ0n) is 11.8. The molecular weight excluding hydrogens is 258 g/mol. The Morgan fingerprint density at radius 3 is 2.29 bits per heavy atom. The first-order valence-corrected chi connectivity index (χ1v) is 7.03. The molecule has 0 saturated carbocycles. The first-order chi connectivity index (χ1) is 10.3. The SMILES string of the molecule is CN(c1ccccc1)c1cccc2c1oc1ccccc12. The molecule has 4 rings (SSSR count). The van der Waals surface area contributed by atoms with Crippen LogP contribution in [0.2, 0.25) is 0 Å². The second kappa shape index (κ2) is 4.67. The molecule has 0 N–H and O–H groups in total. The second-order valence-corrected chi connectivity index (χ2v) is 5.15. The van der Waals surface area contributed by atoms with Crippen LogP contribution < -0.4 is 4.90 Å². The lowest BCUT2D eigenvalue weighted by Crippen LogP contribution is -2.09. The third-order valence-corrected chi connectivity index (χ3v) is 3.89. The Hall–Kier alpha value is -2.74. The van der Waals surface area contributed by atoms with Crippen molar-refractivity contribution < 1.29 is 4.42 Å². The maximum Gasteiger partial charge on any atom is 0.159 e. The van der Waals surface area contributed by atoms with Gasteiger partial charge in [-0.2, -0.15) is 0 Å². The van der Waals surface area contributed by atoms with Gasteiger partial charge in [0.15, 0.2) is 5.58 Å². The van der Waals surface area contributed by atoms with Crippen LogP contribution in [0, 0.1) is 0 Å². The van der Waals surface area contributed by atoms with Gasteiger partial charge in [0, 0.05) is 23.5 Å². The third kappa shape index (κ3) is 1.88. The molecule has 4 aromatic rings. The van der Waals surface area contributed by atoms with Gasteiger partial charge in [0.25, 0.3) is 0 Å². The van der Waals surface area contributed by atoms with Gasteiger partial charge in [0.2, 0.25) is 0 Å². The lowest BCUT2D eigenvalue weighted by atomic mass is 10.1. The molecule has 21 heavy (non-hydrogen) atoms. The number of benzene rings is 3. The van der Waals surface area contributed by atoms with Crippen molar-refractivity contribution in [1.82, 2.24) is 0 Å². The Morgan fingerprint density at radius 1 is 0.714 bits per heavy atom. The van der Waals surface area contributed by atoms with Crippen LogP contribution in [0.15, 0.2) is 77.2 Å². The number of fused-ring (bicyclic) bond motifs is 3. The van der Waals surface area contributed by atoms with E-state index in [2.05, 4.69) is 48.3 Å². The van der Waals surface area contributed by atoms with Crippen molar-refractivity contribution in [2.75, 3.05) is 11.9 Å². The third-order valence-electron chi connectivity index (χ3n) is 3.89. The summed E-state index contributed by atoms with van der Waals surface area (Å²) in [6.45, 7) is 0. The van der Waals surface area contributed by atoms with Crippen LogP contribution in [-0.4, -0.2) is 7.05 Å². The molecule has 0 aliphatic carbocycles. The summed E-state index contributed by atoms with van der Waals surface area (Å²) in [6.07, 6.45) is 0. The fraction of sp³-hybridized carbons (Fsp3) is 0.0526. The molecule has 1 aromatic heterocycles. The summed E-state index contributed by atoms with van der Waals surface area (Å²) in [5, 5.41) is 2.32. The Labute approximate surface area is 123 Å². The molecule has 2 heteroatoms. The maximum absolute atomic E-state index is 6.08. The lowest BCUT2D eigenvalue weighted by molar-refractivity contribution is 0.668. The summed E-state index contributed by atoms with van der Waals surface area (Å²) in [5.74, 6) is 0. The molecule has 0 fully saturated rings. The Bertz CT molecular complexity index is 909. The van der Waals surface area contributed by atoms with E-state index in [-0.39, 0.29) is 0 Å². The van der Waals surface area contributed by atoms with Crippen LogP contribution in [0.25, 0.3) is 21.9 Å². The van der Waals surface area contributed by atoms with E-state index in [1.54, 1.807) is 0 Å². The topological polar surface area (TPSA) is 16.4 Å². The molecule has 0 bridgehead atoms. The van der Waals surface area contributed by atoms with Crippen molar-refractivity contribution >= 4 is 33.3 Å². The minimum Gasteiger partial charge on any atom is -0.454 e. The van der Waals surface area contributed by atoms with E-state index < -0.39 is 0 Å². The van der Waals surface area contributed by atoms with Crippen molar-refractivity contribution in [2.24, 2.45) is 0 Å². The van der Waals surface area contributed by atoms with E-state index in [1.165, 1.54) is 0 Å². The number of para-hydroxylation sites is 3. The van der Waals surface area contributed by atoms with Crippen LogP contribution in [-0.2, 0) is 0 Å². The fourth-order valence-electron chi connectivity index (χ4n) is 2.79. The van der Waals surface area contributed by atoms with Gasteiger partial charge in [-0.05, 0) is 24.3 Å². The lowest BCUT2D eigenvalue weighted by Gasteiger charge is -2.19. The minimum atomic E-state index is 0.932. The number of hydrogen-bond donors (Lipinski definition) is 0. The molecule has 1 heterocycles. The second-order valence-electron chi connectivity index (χ2n) is 5.15. The maximum atomic E-state index is 6.08. The quantitative estimate of drug-likeness (QED) is 0.489. The van der Waals surface area contributed by atoms with Crippen molar-refractivity contribution in [3.63, 3.8) is 0 Å². The molecule has 0 amide bonds. The highest BCUT2D eigenvalue weighted by molar-refractivity contribution is 6.09. The summed E-state index contributed by atoms with van der Waals surface area (Å²) in [5.41, 5.74) is 4.09. The Kier molecular flexibility index (Phi) is 2.68. The van der Waals surface area contributed by atoms with Crippen LogP contribution in [0.3, 0.4) is 0 Å². The van der Waals surface area contributed by atoms with E-state index in [9.17, 15) is 0 Å². The summed E-state index contributed by atoms with van der Waals surface area (Å²) in [4.78, 5) is 2.16. The van der Waals surface area contributed by atoms with Gasteiger partial charge in [0.1, 0.15) is 5.58 Å². The van der Waals surface area contributed by atoms with E-state index in [4.69, 9.17) is 4.42 Å². The molecule has 2 nitrogen and oxygen atoms in total. The van der Waals surface area contributed by atoms with E-state index in [1.807, 2.05) is 36.4 Å². The zero-order chi connectivity index (χ0) is 14.2. The standard InChI is InChI=1S/C19H15NO/c1-20(14-8-3-2-4-9-14)17-12-7-11-16-15-10-5-6-13-18(15)21-19(16)17/h2-13H,1H3.